The second-order valence-electron chi connectivity index (χ2n) is 32.6. The van der Waals surface area contributed by atoms with Crippen molar-refractivity contribution in [1.29, 1.82) is 0 Å². The van der Waals surface area contributed by atoms with E-state index in [1.807, 2.05) is 5.32 Å². The lowest BCUT2D eigenvalue weighted by Crippen LogP contribution is -2.61. The summed E-state index contributed by atoms with van der Waals surface area (Å²) in [5, 5.41) is 87.5. The van der Waals surface area contributed by atoms with Crippen LogP contribution in [0.4, 0.5) is 5.69 Å². The number of rotatable bonds is 21. The van der Waals surface area contributed by atoms with E-state index in [1.165, 1.54) is 98.8 Å². The summed E-state index contributed by atoms with van der Waals surface area (Å²) in [7, 11) is 1.16. The van der Waals surface area contributed by atoms with E-state index in [9.17, 15) is 92.7 Å². The molecule has 1 heterocycles. The minimum atomic E-state index is -1.84. The molecule has 5 aromatic rings. The number of aliphatic hydroxyl groups excluding tert-OH is 2. The number of ether oxygens (including phenoxy) is 1. The summed E-state index contributed by atoms with van der Waals surface area (Å²) < 4.78 is 5.29. The van der Waals surface area contributed by atoms with Crippen molar-refractivity contribution in [3.8, 4) is 23.0 Å². The predicted molar refractivity (Wildman–Crippen MR) is 475 cm³/mol. The second-order valence-corrected chi connectivity index (χ2v) is 32.6. The highest BCUT2D eigenvalue weighted by Crippen LogP contribution is 2.24. The number of hydrogen-bond acceptors (Lipinski definition) is 26. The summed E-state index contributed by atoms with van der Waals surface area (Å²) in [6.45, 7) is 8.10. The number of carbonyl (C=O) groups is 17. The van der Waals surface area contributed by atoms with Gasteiger partial charge in [0.1, 0.15) is 89.5 Å². The lowest BCUT2D eigenvalue weighted by molar-refractivity contribution is -0.138. The highest BCUT2D eigenvalue weighted by Gasteiger charge is 2.39. The first-order chi connectivity index (χ1) is 62.1. The van der Waals surface area contributed by atoms with Crippen LogP contribution >= 0.6 is 0 Å². The van der Waals surface area contributed by atoms with Crippen molar-refractivity contribution < 1.29 is 112 Å². The molecule has 14 atom stereocenters. The van der Waals surface area contributed by atoms with Crippen LogP contribution in [0, 0.1) is 11.8 Å². The number of phenolic OH excluding ortho intramolecular Hbond substituents is 3. The molecule has 0 aliphatic carbocycles. The number of carbonyl (C=O) groups excluding carboxylic acids is 17. The Balaban J connectivity index is 1.33. The molecule has 0 spiro atoms. The third kappa shape index (κ3) is 35.9. The number of primary amides is 1. The van der Waals surface area contributed by atoms with E-state index in [1.54, 1.807) is 58.0 Å². The van der Waals surface area contributed by atoms with Crippen molar-refractivity contribution in [2.45, 2.75) is 216 Å². The third-order valence-electron chi connectivity index (χ3n) is 20.7. The molecule has 131 heavy (non-hydrogen) atoms. The van der Waals surface area contributed by atoms with Gasteiger partial charge in [-0.1, -0.05) is 94.4 Å². The first kappa shape index (κ1) is 106. The summed E-state index contributed by atoms with van der Waals surface area (Å²) >= 11 is 0. The van der Waals surface area contributed by atoms with Crippen LogP contribution < -0.4 is 113 Å². The highest BCUT2D eigenvalue weighted by molar-refractivity contribution is 6.40. The summed E-state index contributed by atoms with van der Waals surface area (Å²) in [5.74, 6) is -19.1. The van der Waals surface area contributed by atoms with Gasteiger partial charge >= 0.3 is 11.8 Å². The maximum Gasteiger partial charge on any atom is 0.313 e. The fourth-order valence-corrected chi connectivity index (χ4v) is 13.5. The predicted octanol–water partition coefficient (Wildman–Crippen LogP) is -4.23. The molecule has 1 aliphatic rings. The SMILES string of the molecule is COc1ccc2cc1C(=O)NNC(=O)[C@H](CC(N)=O)NC(=O)[C@H](CCCCN)NC(=O)[C@@H](N)CCCNC(=O)[C@H]([C@@H](C)O)NC(=O)[C@H](Cc1ccc(O)cc1)NC(=O)[C@H](Cc1ccc(O)cc1)NC(=O)[C@H](CC(C)C)NC(=O)[C@H](CC(C)C)NC(=O)[C@H](Cc1ccc(O)cc1)NC(=O)[C@H](Cc1ccccc1)NC(=O)[C@@H](N)CCCNC(=O)[C@H](C)NC(=O)[C@H](CO)NC(=O)C(=O)N2. The van der Waals surface area contributed by atoms with E-state index in [0.29, 0.717) is 28.7 Å². The van der Waals surface area contributed by atoms with Gasteiger partial charge in [0.2, 0.25) is 76.8 Å². The first-order valence-electron chi connectivity index (χ1n) is 42.8. The second kappa shape index (κ2) is 53.2. The van der Waals surface area contributed by atoms with Crippen molar-refractivity contribution in [2.75, 3.05) is 38.7 Å². The number of hydrogen-bond donors (Lipinski definition) is 25. The Morgan fingerprint density at radius 2 is 0.824 bits per heavy atom. The smallest absolute Gasteiger partial charge is 0.313 e. The minimum Gasteiger partial charge on any atom is -0.508 e. The highest BCUT2D eigenvalue weighted by atomic mass is 16.5. The van der Waals surface area contributed by atoms with Crippen LogP contribution in [-0.4, -0.2) is 244 Å². The van der Waals surface area contributed by atoms with Gasteiger partial charge in [-0.25, -0.2) is 0 Å². The molecule has 29 N–H and O–H groups in total. The van der Waals surface area contributed by atoms with Crippen LogP contribution in [0.5, 0.6) is 23.0 Å². The van der Waals surface area contributed by atoms with Gasteiger partial charge in [0.15, 0.2) is 0 Å². The van der Waals surface area contributed by atoms with Crippen molar-refractivity contribution in [1.82, 2.24) is 80.0 Å². The van der Waals surface area contributed by atoms with Crippen molar-refractivity contribution >= 4 is 106 Å². The van der Waals surface area contributed by atoms with Gasteiger partial charge in [0, 0.05) is 44.5 Å². The minimum absolute atomic E-state index is 0.0273. The molecular formula is C88H122N20O23. The number of aromatic hydroxyl groups is 3. The van der Waals surface area contributed by atoms with Crippen LogP contribution in [0.3, 0.4) is 0 Å². The molecule has 43 nitrogen and oxygen atoms in total. The van der Waals surface area contributed by atoms with Crippen molar-refractivity contribution in [3.63, 3.8) is 0 Å². The van der Waals surface area contributed by atoms with E-state index in [2.05, 4.69) is 80.0 Å². The normalized spacial score (nSPS) is 23.5. The number of nitrogens with one attached hydrogen (secondary N) is 16. The van der Waals surface area contributed by atoms with Gasteiger partial charge in [-0.05, 0) is 167 Å². The summed E-state index contributed by atoms with van der Waals surface area (Å²) in [6.07, 6.45) is -3.60. The van der Waals surface area contributed by atoms with E-state index in [4.69, 9.17) is 27.7 Å². The third-order valence-corrected chi connectivity index (χ3v) is 20.7. The Kier molecular flexibility index (Phi) is 43.0. The number of unbranched alkanes of at least 4 members (excludes halogenated alkanes) is 1. The van der Waals surface area contributed by atoms with Crippen LogP contribution in [0.1, 0.15) is 138 Å². The molecule has 1 aliphatic heterocycles. The maximum absolute atomic E-state index is 15.1. The molecular weight excluding hydrogens is 1710 g/mol. The number of benzene rings is 5. The molecule has 712 valence electrons. The zero-order valence-corrected chi connectivity index (χ0v) is 73.9. The first-order valence-corrected chi connectivity index (χ1v) is 42.8. The molecule has 6 rings (SSSR count). The van der Waals surface area contributed by atoms with Gasteiger partial charge in [0.25, 0.3) is 11.8 Å². The van der Waals surface area contributed by atoms with Crippen LogP contribution in [0.2, 0.25) is 0 Å². The fourth-order valence-electron chi connectivity index (χ4n) is 13.5. The summed E-state index contributed by atoms with van der Waals surface area (Å²) in [5.41, 5.74) is 29.1. The van der Waals surface area contributed by atoms with E-state index >= 15 is 14.4 Å². The van der Waals surface area contributed by atoms with E-state index in [-0.39, 0.29) is 137 Å². The average molecular weight is 1830 g/mol. The number of phenols is 3. The number of methoxy groups -OCH3 is 1. The number of anilines is 1. The number of aliphatic hydroxyl groups is 2. The molecule has 0 saturated carbocycles. The topological polar surface area (TPSA) is 697 Å². The summed E-state index contributed by atoms with van der Waals surface area (Å²) in [6, 6.07) is 8.42. The lowest BCUT2D eigenvalue weighted by atomic mass is 9.98. The molecule has 0 radical (unpaired) electrons. The Bertz CT molecular complexity index is 4760. The van der Waals surface area contributed by atoms with Crippen LogP contribution in [-0.2, 0) is 102 Å². The Labute approximate surface area is 756 Å². The zero-order valence-electron chi connectivity index (χ0n) is 73.9. The molecule has 0 saturated heterocycles. The van der Waals surface area contributed by atoms with E-state index < -0.39 is 204 Å². The number of nitrogens with two attached hydrogens (primary N) is 4. The van der Waals surface area contributed by atoms with Crippen LogP contribution in [0.25, 0.3) is 0 Å². The van der Waals surface area contributed by atoms with E-state index in [0.717, 1.165) is 13.2 Å². The number of hydrazine groups is 1. The molecule has 0 aromatic heterocycles. The molecule has 0 fully saturated rings. The fraction of sp³-hybridized carbons (Fsp3) is 0.466. The van der Waals surface area contributed by atoms with Crippen LogP contribution in [0.15, 0.2) is 121 Å². The monoisotopic (exact) mass is 1830 g/mol. The molecule has 5 aromatic carbocycles. The van der Waals surface area contributed by atoms with Gasteiger partial charge in [-0.3, -0.25) is 92.4 Å². The largest absolute Gasteiger partial charge is 0.508 e. The van der Waals surface area contributed by atoms with Crippen molar-refractivity contribution in [3.05, 3.63) is 149 Å². The average Bonchev–Trinajstić information content (AvgIpc) is 0.824. The quantitative estimate of drug-likeness (QED) is 0.0244. The standard InChI is InChI=1S/C88H122N20O23/c1-46(2)37-62-78(120)99-63(38-47(3)4)79(121)101-66(41-52-22-29-56(112)30-23-52)82(124)103-67(42-53-24-31-57(113)32-25-53)83(125)106-72(49(6)110)86(128)94-36-14-18-59(90)75(117)97-61(19-11-12-34-89)77(119)104-68(44-71(92)114)85(127)108-107-74(116)58-43-54(26-33-70(58)131-7)96-87(129)88(130)105-69(45-109)84(126)95-48(5)73(115)93-35-13-17-60(91)76(118)98-64(39-50-15-9-8-10-16-50)80(122)102-65(81(123)100-62)40-51-20-27-55(111)28-21-51/h8-10,15-16,20-33,43,46-49,59-69,72,109-113H,11-14,17-19,34-42,44-45,89-91H2,1-7H3,(H2,92,114)(H,93,115)(H,94,128)(H,95,126)(H,96,129)(H,97,117)(H,98,118)(H,99,120)(H,100,123)(H,101,121)(H,102,122)(H,103,124)(H,104,119)(H,105,130)(H,106,125)(H,107,116)(H,108,127)/t48-,49+,59-,60-,61-,62-,63-,64-,65-,66-,67-,68-,69-,72-/m0/s1. The summed E-state index contributed by atoms with van der Waals surface area (Å²) in [4.78, 5) is 239. The van der Waals surface area contributed by atoms with Crippen molar-refractivity contribution in [2.24, 2.45) is 34.8 Å². The number of fused-ring (bicyclic) bond motifs is 2. The Morgan fingerprint density at radius 3 is 1.25 bits per heavy atom. The van der Waals surface area contributed by atoms with Gasteiger partial charge in [-0.2, -0.15) is 0 Å². The molecule has 0 unspecified atom stereocenters. The molecule has 2 bridgehead atoms. The molecule has 17 amide bonds. The lowest BCUT2D eigenvalue weighted by Gasteiger charge is -2.29. The number of amides is 17. The van der Waals surface area contributed by atoms with Gasteiger partial charge in [0.05, 0.1) is 43.9 Å². The van der Waals surface area contributed by atoms with Gasteiger partial charge < -0.3 is 128 Å². The maximum atomic E-state index is 15.1. The Hall–Kier alpha value is -13.9. The van der Waals surface area contributed by atoms with Gasteiger partial charge in [-0.15, -0.1) is 0 Å². The zero-order chi connectivity index (χ0) is 96.7. The molecule has 43 heteroatoms. The Morgan fingerprint density at radius 1 is 0.427 bits per heavy atom.